The predicted molar refractivity (Wildman–Crippen MR) is 67.4 cm³/mol. The maximum Gasteiger partial charge on any atom is 0.226 e. The molecule has 0 bridgehead atoms. The number of nitrogens with one attached hydrogen (secondary N) is 2. The van der Waals surface area contributed by atoms with Crippen molar-refractivity contribution in [2.45, 2.75) is 52.4 Å². The van der Waals surface area contributed by atoms with Crippen LogP contribution in [-0.2, 0) is 4.79 Å². The third kappa shape index (κ3) is 4.12. The number of amides is 1. The van der Waals surface area contributed by atoms with E-state index >= 15 is 0 Å². The molecule has 1 fully saturated rings. The molecule has 1 rings (SSSR count). The van der Waals surface area contributed by atoms with Crippen LogP contribution >= 0.6 is 0 Å². The van der Waals surface area contributed by atoms with Gasteiger partial charge in [-0.2, -0.15) is 0 Å². The first-order valence-electron chi connectivity index (χ1n) is 6.68. The molecule has 16 heavy (non-hydrogen) atoms. The summed E-state index contributed by atoms with van der Waals surface area (Å²) in [5.74, 6) is 0.255. The lowest BCUT2D eigenvalue weighted by molar-refractivity contribution is -0.131. The first kappa shape index (κ1) is 13.5. The zero-order valence-corrected chi connectivity index (χ0v) is 10.8. The molecule has 0 aromatic heterocycles. The number of carbonyl (C=O) groups excluding carboxylic acids is 1. The van der Waals surface area contributed by atoms with Crippen LogP contribution in [0.4, 0.5) is 0 Å². The van der Waals surface area contributed by atoms with Crippen LogP contribution in [0.2, 0.25) is 0 Å². The third-order valence-corrected chi connectivity index (χ3v) is 3.57. The van der Waals surface area contributed by atoms with Crippen LogP contribution in [0.3, 0.4) is 0 Å². The molecule has 0 aromatic carbocycles. The minimum Gasteiger partial charge on any atom is -0.356 e. The topological polar surface area (TPSA) is 41.1 Å². The van der Waals surface area contributed by atoms with Crippen molar-refractivity contribution in [1.29, 1.82) is 0 Å². The van der Waals surface area contributed by atoms with Crippen molar-refractivity contribution in [2.24, 2.45) is 5.41 Å². The Labute approximate surface area is 99.4 Å². The predicted octanol–water partition coefficient (Wildman–Crippen LogP) is 2.07. The van der Waals surface area contributed by atoms with Crippen molar-refractivity contribution in [1.82, 2.24) is 10.6 Å². The van der Waals surface area contributed by atoms with Crippen LogP contribution in [0.5, 0.6) is 0 Å². The van der Waals surface area contributed by atoms with Gasteiger partial charge in [0.05, 0.1) is 0 Å². The summed E-state index contributed by atoms with van der Waals surface area (Å²) >= 11 is 0. The molecule has 1 saturated heterocycles. The monoisotopic (exact) mass is 226 g/mol. The fraction of sp³-hybridized carbons (Fsp3) is 0.923. The van der Waals surface area contributed by atoms with Crippen molar-refractivity contribution < 1.29 is 4.79 Å². The molecule has 0 atom stereocenters. The normalized spacial score (nSPS) is 19.4. The fourth-order valence-corrected chi connectivity index (χ4v) is 2.17. The Kier molecular flexibility index (Phi) is 5.81. The van der Waals surface area contributed by atoms with Gasteiger partial charge in [0.1, 0.15) is 0 Å². The Bertz CT molecular complexity index is 210. The number of piperidine rings is 1. The minimum atomic E-state index is -0.129. The van der Waals surface area contributed by atoms with Crippen LogP contribution < -0.4 is 10.6 Å². The van der Waals surface area contributed by atoms with E-state index in [0.29, 0.717) is 0 Å². The first-order chi connectivity index (χ1) is 7.69. The SMILES string of the molecule is CCCCCCNC(=O)C1(C)CCNCC1. The smallest absolute Gasteiger partial charge is 0.226 e. The molecule has 2 N–H and O–H groups in total. The molecule has 1 aliphatic rings. The third-order valence-electron chi connectivity index (χ3n) is 3.57. The van der Waals surface area contributed by atoms with Crippen LogP contribution in [0, 0.1) is 5.41 Å². The average molecular weight is 226 g/mol. The molecule has 1 aliphatic heterocycles. The zero-order chi connectivity index (χ0) is 11.9. The van der Waals surface area contributed by atoms with E-state index in [2.05, 4.69) is 24.5 Å². The van der Waals surface area contributed by atoms with Crippen molar-refractivity contribution in [3.05, 3.63) is 0 Å². The Morgan fingerprint density at radius 1 is 1.25 bits per heavy atom. The Morgan fingerprint density at radius 3 is 2.56 bits per heavy atom. The Hall–Kier alpha value is -0.570. The molecule has 0 radical (unpaired) electrons. The van der Waals surface area contributed by atoms with Gasteiger partial charge in [0.15, 0.2) is 0 Å². The minimum absolute atomic E-state index is 0.129. The number of unbranched alkanes of at least 4 members (excludes halogenated alkanes) is 3. The largest absolute Gasteiger partial charge is 0.356 e. The number of rotatable bonds is 6. The molecular formula is C13H26N2O. The fourth-order valence-electron chi connectivity index (χ4n) is 2.17. The van der Waals surface area contributed by atoms with E-state index in [0.717, 1.165) is 38.9 Å². The van der Waals surface area contributed by atoms with Gasteiger partial charge >= 0.3 is 0 Å². The summed E-state index contributed by atoms with van der Waals surface area (Å²) in [6.07, 6.45) is 6.80. The van der Waals surface area contributed by atoms with Crippen molar-refractivity contribution in [3.63, 3.8) is 0 Å². The first-order valence-corrected chi connectivity index (χ1v) is 6.68. The Balaban J connectivity index is 2.18. The summed E-state index contributed by atoms with van der Waals surface area (Å²) < 4.78 is 0. The standard InChI is InChI=1S/C13H26N2O/c1-3-4-5-6-9-15-12(16)13(2)7-10-14-11-8-13/h14H,3-11H2,1-2H3,(H,15,16). The van der Waals surface area contributed by atoms with E-state index in [4.69, 9.17) is 0 Å². The molecule has 0 saturated carbocycles. The molecule has 94 valence electrons. The summed E-state index contributed by atoms with van der Waals surface area (Å²) in [6, 6.07) is 0. The summed E-state index contributed by atoms with van der Waals surface area (Å²) in [4.78, 5) is 12.0. The second-order valence-electron chi connectivity index (χ2n) is 5.13. The van der Waals surface area contributed by atoms with Crippen LogP contribution in [-0.4, -0.2) is 25.5 Å². The lowest BCUT2D eigenvalue weighted by atomic mass is 9.80. The van der Waals surface area contributed by atoms with Gasteiger partial charge in [-0.15, -0.1) is 0 Å². The van der Waals surface area contributed by atoms with Gasteiger partial charge in [-0.25, -0.2) is 0 Å². The highest BCUT2D eigenvalue weighted by Crippen LogP contribution is 2.27. The molecule has 1 amide bonds. The van der Waals surface area contributed by atoms with E-state index in [9.17, 15) is 4.79 Å². The molecule has 3 nitrogen and oxygen atoms in total. The van der Waals surface area contributed by atoms with Crippen molar-refractivity contribution in [2.75, 3.05) is 19.6 Å². The summed E-state index contributed by atoms with van der Waals surface area (Å²) in [7, 11) is 0. The van der Waals surface area contributed by atoms with E-state index in [1.807, 2.05) is 0 Å². The number of hydrogen-bond acceptors (Lipinski definition) is 2. The summed E-state index contributed by atoms with van der Waals surface area (Å²) in [5.41, 5.74) is -0.129. The van der Waals surface area contributed by atoms with Gasteiger partial charge in [0.25, 0.3) is 0 Å². The second-order valence-corrected chi connectivity index (χ2v) is 5.13. The zero-order valence-electron chi connectivity index (χ0n) is 10.8. The number of carbonyl (C=O) groups is 1. The van der Waals surface area contributed by atoms with Crippen LogP contribution in [0.25, 0.3) is 0 Å². The molecule has 0 spiro atoms. The van der Waals surface area contributed by atoms with Crippen LogP contribution in [0.15, 0.2) is 0 Å². The molecule has 0 aromatic rings. The van der Waals surface area contributed by atoms with Crippen molar-refractivity contribution in [3.8, 4) is 0 Å². The Morgan fingerprint density at radius 2 is 1.94 bits per heavy atom. The quantitative estimate of drug-likeness (QED) is 0.681. The maximum atomic E-state index is 12.0. The molecule has 1 heterocycles. The van der Waals surface area contributed by atoms with Crippen molar-refractivity contribution >= 4 is 5.91 Å². The molecular weight excluding hydrogens is 200 g/mol. The van der Waals surface area contributed by atoms with Gasteiger partial charge in [0, 0.05) is 12.0 Å². The van der Waals surface area contributed by atoms with E-state index in [-0.39, 0.29) is 11.3 Å². The van der Waals surface area contributed by atoms with Gasteiger partial charge in [-0.1, -0.05) is 33.1 Å². The summed E-state index contributed by atoms with van der Waals surface area (Å²) in [5, 5.41) is 6.38. The van der Waals surface area contributed by atoms with Gasteiger partial charge in [-0.3, -0.25) is 4.79 Å². The highest BCUT2D eigenvalue weighted by atomic mass is 16.2. The highest BCUT2D eigenvalue weighted by molar-refractivity contribution is 5.82. The summed E-state index contributed by atoms with van der Waals surface area (Å²) in [6.45, 7) is 7.09. The van der Waals surface area contributed by atoms with Gasteiger partial charge < -0.3 is 10.6 Å². The van der Waals surface area contributed by atoms with Gasteiger partial charge in [0.2, 0.25) is 5.91 Å². The molecule has 0 unspecified atom stereocenters. The van der Waals surface area contributed by atoms with Crippen LogP contribution in [0.1, 0.15) is 52.4 Å². The second kappa shape index (κ2) is 6.89. The van der Waals surface area contributed by atoms with E-state index < -0.39 is 0 Å². The average Bonchev–Trinajstić information content (AvgIpc) is 2.29. The number of hydrogen-bond donors (Lipinski definition) is 2. The maximum absolute atomic E-state index is 12.0. The van der Waals surface area contributed by atoms with Gasteiger partial charge in [-0.05, 0) is 32.4 Å². The highest BCUT2D eigenvalue weighted by Gasteiger charge is 2.33. The lowest BCUT2D eigenvalue weighted by Crippen LogP contribution is -2.46. The molecule has 0 aliphatic carbocycles. The lowest BCUT2D eigenvalue weighted by Gasteiger charge is -2.32. The molecule has 3 heteroatoms. The van der Waals surface area contributed by atoms with E-state index in [1.165, 1.54) is 19.3 Å². The van der Waals surface area contributed by atoms with E-state index in [1.54, 1.807) is 0 Å².